The zero-order valence-electron chi connectivity index (χ0n) is 16.4. The number of nitrogens with one attached hydrogen (secondary N) is 1. The van der Waals surface area contributed by atoms with Crippen LogP contribution in [0.5, 0.6) is 17.2 Å². The minimum atomic E-state index is -0.186. The number of aromatic nitrogens is 1. The molecule has 0 saturated carbocycles. The first-order valence-corrected chi connectivity index (χ1v) is 10.3. The second-order valence-electron chi connectivity index (χ2n) is 6.59. The highest BCUT2D eigenvalue weighted by Crippen LogP contribution is 2.23. The Morgan fingerprint density at radius 3 is 2.23 bits per heavy atom. The maximum absolute atomic E-state index is 12.5. The van der Waals surface area contributed by atoms with E-state index in [1.807, 2.05) is 66.9 Å². The molecular weight excluding hydrogens is 396 g/mol. The van der Waals surface area contributed by atoms with Crippen molar-refractivity contribution in [1.82, 2.24) is 4.98 Å². The summed E-state index contributed by atoms with van der Waals surface area (Å²) in [7, 11) is 0. The first-order chi connectivity index (χ1) is 14.7. The van der Waals surface area contributed by atoms with Gasteiger partial charge < -0.3 is 14.8 Å². The van der Waals surface area contributed by atoms with Crippen molar-refractivity contribution in [3.63, 3.8) is 0 Å². The van der Waals surface area contributed by atoms with Crippen molar-refractivity contribution >= 4 is 22.9 Å². The highest BCUT2D eigenvalue weighted by Gasteiger charge is 2.07. The van der Waals surface area contributed by atoms with E-state index in [4.69, 9.17) is 9.47 Å². The van der Waals surface area contributed by atoms with Gasteiger partial charge in [-0.05, 0) is 67.6 Å². The number of carbonyl (C=O) groups is 1. The van der Waals surface area contributed by atoms with E-state index >= 15 is 0 Å². The molecule has 1 heterocycles. The van der Waals surface area contributed by atoms with Gasteiger partial charge in [-0.2, -0.15) is 0 Å². The molecule has 0 spiro atoms. The molecule has 0 aliphatic heterocycles. The van der Waals surface area contributed by atoms with Gasteiger partial charge in [0.15, 0.2) is 0 Å². The molecule has 0 saturated heterocycles. The maximum Gasteiger partial charge on any atom is 0.255 e. The number of anilines is 1. The van der Waals surface area contributed by atoms with Crippen LogP contribution in [-0.2, 0) is 6.61 Å². The second kappa shape index (κ2) is 9.24. The molecule has 1 amide bonds. The molecular formula is C24H20N2O3S. The summed E-state index contributed by atoms with van der Waals surface area (Å²) in [6.07, 6.45) is 0. The van der Waals surface area contributed by atoms with Gasteiger partial charge in [0.2, 0.25) is 0 Å². The summed E-state index contributed by atoms with van der Waals surface area (Å²) in [5.41, 5.74) is 2.24. The lowest BCUT2D eigenvalue weighted by atomic mass is 10.2. The Morgan fingerprint density at radius 1 is 0.900 bits per heavy atom. The van der Waals surface area contributed by atoms with Crippen molar-refractivity contribution in [2.45, 2.75) is 13.5 Å². The number of nitrogens with zero attached hydrogens (tertiary/aromatic N) is 1. The van der Waals surface area contributed by atoms with Gasteiger partial charge in [0.25, 0.3) is 5.91 Å². The van der Waals surface area contributed by atoms with Crippen LogP contribution in [0.25, 0.3) is 0 Å². The normalized spacial score (nSPS) is 10.4. The lowest BCUT2D eigenvalue weighted by Gasteiger charge is -2.09. The van der Waals surface area contributed by atoms with E-state index in [1.165, 1.54) is 0 Å². The SMILES string of the molecule is Cc1csc(COc2ccc(C(=O)Nc3ccc(Oc4ccccc4)cc3)cc2)n1. The molecule has 1 aromatic heterocycles. The van der Waals surface area contributed by atoms with E-state index in [0.717, 1.165) is 16.5 Å². The lowest BCUT2D eigenvalue weighted by Crippen LogP contribution is -2.11. The molecule has 3 aromatic carbocycles. The summed E-state index contributed by atoms with van der Waals surface area (Å²) in [5.74, 6) is 1.98. The fourth-order valence-electron chi connectivity index (χ4n) is 2.75. The number of rotatable bonds is 7. The first kappa shape index (κ1) is 19.7. The first-order valence-electron chi connectivity index (χ1n) is 9.44. The lowest BCUT2D eigenvalue weighted by molar-refractivity contribution is 0.102. The van der Waals surface area contributed by atoms with Crippen molar-refractivity contribution in [3.05, 3.63) is 101 Å². The van der Waals surface area contributed by atoms with Crippen LogP contribution in [0.15, 0.2) is 84.2 Å². The Hall–Kier alpha value is -3.64. The molecule has 150 valence electrons. The molecule has 0 unspecified atom stereocenters. The average Bonchev–Trinajstić information content (AvgIpc) is 3.20. The molecule has 0 radical (unpaired) electrons. The molecule has 6 heteroatoms. The van der Waals surface area contributed by atoms with Gasteiger partial charge >= 0.3 is 0 Å². The minimum Gasteiger partial charge on any atom is -0.486 e. The predicted octanol–water partition coefficient (Wildman–Crippen LogP) is 6.08. The van der Waals surface area contributed by atoms with E-state index < -0.39 is 0 Å². The number of thiazole rings is 1. The third-order valence-corrected chi connectivity index (χ3v) is 5.18. The molecule has 0 aliphatic carbocycles. The van der Waals surface area contributed by atoms with Crippen LogP contribution in [-0.4, -0.2) is 10.9 Å². The smallest absolute Gasteiger partial charge is 0.255 e. The standard InChI is InChI=1S/C24H20N2O3S/c1-17-16-30-23(25-17)15-28-20-11-7-18(8-12-20)24(27)26-19-9-13-22(14-10-19)29-21-5-3-2-4-6-21/h2-14,16H,15H2,1H3,(H,26,27). The summed E-state index contributed by atoms with van der Waals surface area (Å²) >= 11 is 1.57. The van der Waals surface area contributed by atoms with Crippen LogP contribution >= 0.6 is 11.3 Å². The highest BCUT2D eigenvalue weighted by atomic mass is 32.1. The van der Waals surface area contributed by atoms with Crippen LogP contribution in [0.2, 0.25) is 0 Å². The molecule has 4 rings (SSSR count). The number of ether oxygens (including phenoxy) is 2. The Labute approximate surface area is 178 Å². The molecule has 30 heavy (non-hydrogen) atoms. The van der Waals surface area contributed by atoms with Crippen LogP contribution in [0.3, 0.4) is 0 Å². The molecule has 0 aliphatic rings. The number of benzene rings is 3. The van der Waals surface area contributed by atoms with Crippen LogP contribution in [0.4, 0.5) is 5.69 Å². The quantitative estimate of drug-likeness (QED) is 0.397. The minimum absolute atomic E-state index is 0.186. The van der Waals surface area contributed by atoms with Crippen molar-refractivity contribution < 1.29 is 14.3 Å². The van der Waals surface area contributed by atoms with Gasteiger partial charge in [0.05, 0.1) is 0 Å². The maximum atomic E-state index is 12.5. The summed E-state index contributed by atoms with van der Waals surface area (Å²) in [5, 5.41) is 5.80. The molecule has 5 nitrogen and oxygen atoms in total. The van der Waals surface area contributed by atoms with E-state index in [1.54, 1.807) is 35.6 Å². The summed E-state index contributed by atoms with van der Waals surface area (Å²) < 4.78 is 11.5. The van der Waals surface area contributed by atoms with Crippen LogP contribution in [0.1, 0.15) is 21.1 Å². The molecule has 0 atom stereocenters. The molecule has 0 fully saturated rings. The Bertz CT molecular complexity index is 1110. The van der Waals surface area contributed by atoms with Crippen molar-refractivity contribution in [2.75, 3.05) is 5.32 Å². The van der Waals surface area contributed by atoms with Crippen molar-refractivity contribution in [2.24, 2.45) is 0 Å². The van der Waals surface area contributed by atoms with Gasteiger partial charge in [-0.25, -0.2) is 4.98 Å². The number of carbonyl (C=O) groups excluding carboxylic acids is 1. The monoisotopic (exact) mass is 416 g/mol. The fraction of sp³-hybridized carbons (Fsp3) is 0.0833. The van der Waals surface area contributed by atoms with E-state index in [-0.39, 0.29) is 5.91 Å². The third-order valence-electron chi connectivity index (χ3n) is 4.24. The number of amides is 1. The van der Waals surface area contributed by atoms with Crippen molar-refractivity contribution in [3.8, 4) is 17.2 Å². The Kier molecular flexibility index (Phi) is 6.06. The van der Waals surface area contributed by atoms with Gasteiger partial charge in [0.1, 0.15) is 28.9 Å². The number of hydrogen-bond acceptors (Lipinski definition) is 5. The van der Waals surface area contributed by atoms with Gasteiger partial charge in [0, 0.05) is 22.3 Å². The number of hydrogen-bond donors (Lipinski definition) is 1. The van der Waals surface area contributed by atoms with Gasteiger partial charge in [-0.1, -0.05) is 18.2 Å². The predicted molar refractivity (Wildman–Crippen MR) is 119 cm³/mol. The zero-order valence-corrected chi connectivity index (χ0v) is 17.2. The van der Waals surface area contributed by atoms with Crippen LogP contribution < -0.4 is 14.8 Å². The van der Waals surface area contributed by atoms with E-state index in [9.17, 15) is 4.79 Å². The van der Waals surface area contributed by atoms with Crippen LogP contribution in [0, 0.1) is 6.92 Å². The summed E-state index contributed by atoms with van der Waals surface area (Å²) in [6.45, 7) is 2.37. The molecule has 4 aromatic rings. The number of aryl methyl sites for hydroxylation is 1. The Balaban J connectivity index is 1.32. The average molecular weight is 417 g/mol. The van der Waals surface area contributed by atoms with Gasteiger partial charge in [-0.15, -0.1) is 11.3 Å². The van der Waals surface area contributed by atoms with Crippen molar-refractivity contribution in [1.29, 1.82) is 0 Å². The summed E-state index contributed by atoms with van der Waals surface area (Å²) in [6, 6.07) is 23.9. The molecule has 0 bridgehead atoms. The Morgan fingerprint density at radius 2 is 1.57 bits per heavy atom. The van der Waals surface area contributed by atoms with E-state index in [0.29, 0.717) is 29.4 Å². The largest absolute Gasteiger partial charge is 0.486 e. The third kappa shape index (κ3) is 5.24. The zero-order chi connectivity index (χ0) is 20.8. The molecule has 1 N–H and O–H groups in total. The summed E-state index contributed by atoms with van der Waals surface area (Å²) in [4.78, 5) is 16.9. The van der Waals surface area contributed by atoms with Gasteiger partial charge in [-0.3, -0.25) is 4.79 Å². The number of para-hydroxylation sites is 1. The van der Waals surface area contributed by atoms with E-state index in [2.05, 4.69) is 10.3 Å². The highest BCUT2D eigenvalue weighted by molar-refractivity contribution is 7.09. The second-order valence-corrected chi connectivity index (χ2v) is 7.53. The topological polar surface area (TPSA) is 60.5 Å². The fourth-order valence-corrected chi connectivity index (χ4v) is 3.43.